The first kappa shape index (κ1) is 19.6. The standard InChI is InChI=1S/C24H19ClN4O2S/c25-18-2-1-3-19(11-18)29-12-17(10-21(29)30)23-27-22(28-31-23)15-6-4-14(5-7-15)20-13-32-24(26-20)16-8-9-16/h1-7,11,13,16-17H,8-10,12H2/t17-/m0/s1. The summed E-state index contributed by atoms with van der Waals surface area (Å²) in [5.41, 5.74) is 3.76. The molecule has 2 fully saturated rings. The predicted molar refractivity (Wildman–Crippen MR) is 124 cm³/mol. The van der Waals surface area contributed by atoms with Crippen molar-refractivity contribution in [3.63, 3.8) is 0 Å². The number of rotatable bonds is 5. The van der Waals surface area contributed by atoms with Crippen molar-refractivity contribution in [2.45, 2.75) is 31.1 Å². The Kier molecular flexibility index (Phi) is 4.81. The van der Waals surface area contributed by atoms with E-state index in [1.807, 2.05) is 36.4 Å². The lowest BCUT2D eigenvalue weighted by Crippen LogP contribution is -2.24. The van der Waals surface area contributed by atoms with E-state index in [-0.39, 0.29) is 11.8 Å². The lowest BCUT2D eigenvalue weighted by Gasteiger charge is -2.16. The van der Waals surface area contributed by atoms with Crippen LogP contribution < -0.4 is 4.90 Å². The van der Waals surface area contributed by atoms with E-state index in [1.54, 1.807) is 28.4 Å². The van der Waals surface area contributed by atoms with E-state index in [1.165, 1.54) is 17.8 Å². The first-order valence-electron chi connectivity index (χ1n) is 10.6. The molecule has 0 radical (unpaired) electrons. The van der Waals surface area contributed by atoms with E-state index in [9.17, 15) is 4.79 Å². The van der Waals surface area contributed by atoms with Gasteiger partial charge in [0.2, 0.25) is 17.6 Å². The zero-order valence-corrected chi connectivity index (χ0v) is 18.6. The molecule has 3 heterocycles. The lowest BCUT2D eigenvalue weighted by molar-refractivity contribution is -0.117. The van der Waals surface area contributed by atoms with Gasteiger partial charge in [-0.05, 0) is 31.0 Å². The number of nitrogens with zero attached hydrogens (tertiary/aromatic N) is 4. The van der Waals surface area contributed by atoms with Crippen LogP contribution in [0.25, 0.3) is 22.6 Å². The Morgan fingerprint density at radius 3 is 2.62 bits per heavy atom. The Balaban J connectivity index is 1.18. The van der Waals surface area contributed by atoms with E-state index >= 15 is 0 Å². The number of hydrogen-bond acceptors (Lipinski definition) is 6. The maximum absolute atomic E-state index is 12.6. The van der Waals surface area contributed by atoms with Gasteiger partial charge in [0.25, 0.3) is 0 Å². The molecule has 1 aliphatic heterocycles. The van der Waals surface area contributed by atoms with Crippen LogP contribution in [0.15, 0.2) is 58.4 Å². The number of thiazole rings is 1. The van der Waals surface area contributed by atoms with Crippen LogP contribution in [0.2, 0.25) is 5.02 Å². The normalized spacial score (nSPS) is 18.5. The molecule has 6 nitrogen and oxygen atoms in total. The zero-order valence-electron chi connectivity index (χ0n) is 17.1. The SMILES string of the molecule is O=C1C[C@H](c2nc(-c3ccc(-c4csc(C5CC5)n4)cc3)no2)CN1c1cccc(Cl)c1. The first-order valence-corrected chi connectivity index (χ1v) is 11.9. The van der Waals surface area contributed by atoms with Crippen LogP contribution in [-0.2, 0) is 4.79 Å². The predicted octanol–water partition coefficient (Wildman–Crippen LogP) is 5.91. The van der Waals surface area contributed by atoms with Gasteiger partial charge in [0.1, 0.15) is 0 Å². The van der Waals surface area contributed by atoms with Crippen molar-refractivity contribution in [2.75, 3.05) is 11.4 Å². The molecule has 2 aromatic carbocycles. The number of carbonyl (C=O) groups is 1. The molecule has 0 unspecified atom stereocenters. The summed E-state index contributed by atoms with van der Waals surface area (Å²) >= 11 is 7.82. The summed E-state index contributed by atoms with van der Waals surface area (Å²) in [7, 11) is 0. The quantitative estimate of drug-likeness (QED) is 0.368. The van der Waals surface area contributed by atoms with Crippen LogP contribution in [0, 0.1) is 0 Å². The van der Waals surface area contributed by atoms with Gasteiger partial charge in [0, 0.05) is 46.1 Å². The molecule has 0 spiro atoms. The monoisotopic (exact) mass is 462 g/mol. The van der Waals surface area contributed by atoms with Crippen LogP contribution in [0.4, 0.5) is 5.69 Å². The maximum Gasteiger partial charge on any atom is 0.232 e. The van der Waals surface area contributed by atoms with Crippen LogP contribution in [0.1, 0.15) is 42.0 Å². The van der Waals surface area contributed by atoms with Crippen molar-refractivity contribution in [1.82, 2.24) is 15.1 Å². The van der Waals surface area contributed by atoms with E-state index in [0.29, 0.717) is 35.6 Å². The average molecular weight is 463 g/mol. The molecule has 1 saturated carbocycles. The number of carbonyl (C=O) groups excluding carboxylic acids is 1. The van der Waals surface area contributed by atoms with Crippen molar-refractivity contribution in [1.29, 1.82) is 0 Å². The molecule has 1 aliphatic carbocycles. The summed E-state index contributed by atoms with van der Waals surface area (Å²) in [5, 5.41) is 8.12. The number of hydrogen-bond donors (Lipinski definition) is 0. The van der Waals surface area contributed by atoms with Gasteiger partial charge in [-0.1, -0.05) is 47.1 Å². The Hall–Kier alpha value is -3.03. The minimum absolute atomic E-state index is 0.0233. The summed E-state index contributed by atoms with van der Waals surface area (Å²) in [4.78, 5) is 23.6. The highest BCUT2D eigenvalue weighted by molar-refractivity contribution is 7.10. The molecule has 1 amide bonds. The Labute approximate surface area is 193 Å². The molecule has 4 aromatic rings. The number of anilines is 1. The van der Waals surface area contributed by atoms with E-state index in [2.05, 4.69) is 15.5 Å². The molecular weight excluding hydrogens is 444 g/mol. The fourth-order valence-corrected chi connectivity index (χ4v) is 5.20. The summed E-state index contributed by atoms with van der Waals surface area (Å²) in [6.07, 6.45) is 2.85. The Morgan fingerprint density at radius 1 is 1.03 bits per heavy atom. The third-order valence-electron chi connectivity index (χ3n) is 5.92. The first-order chi connectivity index (χ1) is 15.6. The number of halogens is 1. The van der Waals surface area contributed by atoms with Crippen LogP contribution in [0.5, 0.6) is 0 Å². The Bertz CT molecular complexity index is 1300. The molecular formula is C24H19ClN4O2S. The second kappa shape index (κ2) is 7.83. The molecule has 1 saturated heterocycles. The van der Waals surface area contributed by atoms with Gasteiger partial charge in [-0.15, -0.1) is 11.3 Å². The summed E-state index contributed by atoms with van der Waals surface area (Å²) < 4.78 is 5.53. The van der Waals surface area contributed by atoms with Crippen molar-refractivity contribution in [2.24, 2.45) is 0 Å². The molecule has 2 aliphatic rings. The maximum atomic E-state index is 12.6. The third kappa shape index (κ3) is 3.72. The van der Waals surface area contributed by atoms with Gasteiger partial charge < -0.3 is 9.42 Å². The molecule has 160 valence electrons. The second-order valence-electron chi connectivity index (χ2n) is 8.26. The second-order valence-corrected chi connectivity index (χ2v) is 9.59. The number of aromatic nitrogens is 3. The molecule has 6 rings (SSSR count). The van der Waals surface area contributed by atoms with Crippen LogP contribution >= 0.6 is 22.9 Å². The fourth-order valence-electron chi connectivity index (χ4n) is 4.01. The summed E-state index contributed by atoms with van der Waals surface area (Å²) in [6.45, 7) is 0.493. The Morgan fingerprint density at radius 2 is 1.84 bits per heavy atom. The minimum Gasteiger partial charge on any atom is -0.339 e. The van der Waals surface area contributed by atoms with Gasteiger partial charge in [-0.25, -0.2) is 4.98 Å². The van der Waals surface area contributed by atoms with E-state index < -0.39 is 0 Å². The van der Waals surface area contributed by atoms with E-state index in [0.717, 1.165) is 22.5 Å². The summed E-state index contributed by atoms with van der Waals surface area (Å²) in [5.74, 6) is 1.56. The van der Waals surface area contributed by atoms with Crippen molar-refractivity contribution in [3.05, 3.63) is 69.8 Å². The molecule has 32 heavy (non-hydrogen) atoms. The van der Waals surface area contributed by atoms with Crippen molar-refractivity contribution in [3.8, 4) is 22.6 Å². The van der Waals surface area contributed by atoms with Gasteiger partial charge in [0.15, 0.2) is 0 Å². The smallest absolute Gasteiger partial charge is 0.232 e. The average Bonchev–Trinajstić information content (AvgIpc) is 3.20. The van der Waals surface area contributed by atoms with Gasteiger partial charge in [0.05, 0.1) is 16.6 Å². The van der Waals surface area contributed by atoms with E-state index in [4.69, 9.17) is 21.1 Å². The highest BCUT2D eigenvalue weighted by Crippen LogP contribution is 2.42. The molecule has 0 bridgehead atoms. The summed E-state index contributed by atoms with van der Waals surface area (Å²) in [6, 6.07) is 15.3. The third-order valence-corrected chi connectivity index (χ3v) is 7.17. The number of benzene rings is 2. The lowest BCUT2D eigenvalue weighted by atomic mass is 10.1. The number of amides is 1. The van der Waals surface area contributed by atoms with Crippen molar-refractivity contribution >= 4 is 34.5 Å². The van der Waals surface area contributed by atoms with Gasteiger partial charge >= 0.3 is 0 Å². The highest BCUT2D eigenvalue weighted by Gasteiger charge is 2.35. The molecule has 1 atom stereocenters. The zero-order chi connectivity index (χ0) is 21.7. The van der Waals surface area contributed by atoms with Crippen LogP contribution in [-0.4, -0.2) is 27.6 Å². The molecule has 8 heteroatoms. The van der Waals surface area contributed by atoms with Crippen LogP contribution in [0.3, 0.4) is 0 Å². The highest BCUT2D eigenvalue weighted by atomic mass is 35.5. The van der Waals surface area contributed by atoms with Gasteiger partial charge in [-0.3, -0.25) is 4.79 Å². The molecule has 2 aromatic heterocycles. The fraction of sp³-hybridized carbons (Fsp3) is 0.250. The topological polar surface area (TPSA) is 72.1 Å². The minimum atomic E-state index is -0.141. The van der Waals surface area contributed by atoms with Gasteiger partial charge in [-0.2, -0.15) is 4.98 Å². The largest absolute Gasteiger partial charge is 0.339 e. The van der Waals surface area contributed by atoms with Crippen molar-refractivity contribution < 1.29 is 9.32 Å². The molecule has 0 N–H and O–H groups in total.